The number of hydrogen-bond acceptors (Lipinski definition) is 6. The Labute approximate surface area is 162 Å². The molecule has 0 atom stereocenters. The quantitative estimate of drug-likeness (QED) is 0.623. The van der Waals surface area contributed by atoms with Crippen LogP contribution in [0.1, 0.15) is 12.0 Å². The van der Waals surface area contributed by atoms with Crippen LogP contribution in [0.3, 0.4) is 0 Å². The van der Waals surface area contributed by atoms with Crippen molar-refractivity contribution in [2.24, 2.45) is 0 Å². The van der Waals surface area contributed by atoms with Gasteiger partial charge in [0.2, 0.25) is 5.91 Å². The molecule has 1 amide bonds. The lowest BCUT2D eigenvalue weighted by atomic mass is 10.1. The molecule has 3 aromatic heterocycles. The molecule has 0 aromatic carbocycles. The number of pyridine rings is 1. The molecule has 0 aliphatic carbocycles. The van der Waals surface area contributed by atoms with Gasteiger partial charge >= 0.3 is 0 Å². The Hall–Kier alpha value is -2.71. The number of nitrogens with zero attached hydrogens (tertiary/aromatic N) is 4. The SMILES string of the molecule is CN(C)c1ccc(CCC(=O)Nc2cc(-c3cccs3)nn2CCO)cn1. The Balaban J connectivity index is 1.63. The predicted molar refractivity (Wildman–Crippen MR) is 108 cm³/mol. The third-order valence-electron chi connectivity index (χ3n) is 4.04. The lowest BCUT2D eigenvalue weighted by Gasteiger charge is -2.11. The van der Waals surface area contributed by atoms with Gasteiger partial charge in [-0.05, 0) is 29.5 Å². The second kappa shape index (κ2) is 8.79. The van der Waals surface area contributed by atoms with Gasteiger partial charge in [0.25, 0.3) is 0 Å². The van der Waals surface area contributed by atoms with E-state index in [4.69, 9.17) is 0 Å². The van der Waals surface area contributed by atoms with E-state index in [0.29, 0.717) is 25.2 Å². The van der Waals surface area contributed by atoms with Crippen LogP contribution in [0.15, 0.2) is 41.9 Å². The van der Waals surface area contributed by atoms with Crippen LogP contribution in [0.2, 0.25) is 0 Å². The molecule has 27 heavy (non-hydrogen) atoms. The van der Waals surface area contributed by atoms with Crippen molar-refractivity contribution >= 4 is 28.9 Å². The zero-order valence-corrected chi connectivity index (χ0v) is 16.2. The molecule has 0 saturated heterocycles. The van der Waals surface area contributed by atoms with E-state index in [0.717, 1.165) is 22.0 Å². The summed E-state index contributed by atoms with van der Waals surface area (Å²) in [6, 6.07) is 9.70. The van der Waals surface area contributed by atoms with Crippen LogP contribution >= 0.6 is 11.3 Å². The number of amides is 1. The zero-order chi connectivity index (χ0) is 19.2. The molecule has 8 heteroatoms. The molecule has 3 aromatic rings. The van der Waals surface area contributed by atoms with E-state index in [-0.39, 0.29) is 12.5 Å². The normalized spacial score (nSPS) is 10.8. The molecule has 0 aliphatic rings. The fraction of sp³-hybridized carbons (Fsp3) is 0.316. The van der Waals surface area contributed by atoms with Gasteiger partial charge in [-0.15, -0.1) is 11.3 Å². The molecule has 7 nitrogen and oxygen atoms in total. The Morgan fingerprint density at radius 2 is 2.19 bits per heavy atom. The summed E-state index contributed by atoms with van der Waals surface area (Å²) in [5.74, 6) is 1.39. The highest BCUT2D eigenvalue weighted by molar-refractivity contribution is 7.13. The van der Waals surface area contributed by atoms with E-state index in [1.165, 1.54) is 0 Å². The van der Waals surface area contributed by atoms with E-state index >= 15 is 0 Å². The number of aliphatic hydroxyl groups is 1. The maximum atomic E-state index is 12.4. The minimum Gasteiger partial charge on any atom is -0.394 e. The van der Waals surface area contributed by atoms with Gasteiger partial charge in [0.15, 0.2) is 0 Å². The maximum absolute atomic E-state index is 12.4. The number of hydrogen-bond donors (Lipinski definition) is 2. The van der Waals surface area contributed by atoms with Crippen molar-refractivity contribution in [2.45, 2.75) is 19.4 Å². The van der Waals surface area contributed by atoms with Gasteiger partial charge < -0.3 is 15.3 Å². The minimum atomic E-state index is -0.0940. The molecule has 0 radical (unpaired) electrons. The van der Waals surface area contributed by atoms with Gasteiger partial charge in [0.05, 0.1) is 18.0 Å². The highest BCUT2D eigenvalue weighted by Gasteiger charge is 2.13. The topological polar surface area (TPSA) is 83.3 Å². The minimum absolute atomic E-state index is 0.0433. The van der Waals surface area contributed by atoms with Crippen LogP contribution < -0.4 is 10.2 Å². The van der Waals surface area contributed by atoms with Crippen molar-refractivity contribution < 1.29 is 9.90 Å². The lowest BCUT2D eigenvalue weighted by molar-refractivity contribution is -0.116. The third kappa shape index (κ3) is 4.93. The second-order valence-electron chi connectivity index (χ2n) is 6.31. The van der Waals surface area contributed by atoms with Crippen LogP contribution in [0, 0.1) is 0 Å². The number of rotatable bonds is 8. The zero-order valence-electron chi connectivity index (χ0n) is 15.4. The number of anilines is 2. The summed E-state index contributed by atoms with van der Waals surface area (Å²) in [5.41, 5.74) is 1.80. The van der Waals surface area contributed by atoms with Gasteiger partial charge in [-0.25, -0.2) is 9.67 Å². The van der Waals surface area contributed by atoms with Crippen LogP contribution in [-0.2, 0) is 17.8 Å². The molecule has 3 heterocycles. The number of aryl methyl sites for hydroxylation is 1. The summed E-state index contributed by atoms with van der Waals surface area (Å²) in [5, 5.41) is 18.6. The van der Waals surface area contributed by atoms with Crippen molar-refractivity contribution in [1.29, 1.82) is 0 Å². The second-order valence-corrected chi connectivity index (χ2v) is 7.25. The fourth-order valence-electron chi connectivity index (χ4n) is 2.62. The average Bonchev–Trinajstić information content (AvgIpc) is 3.31. The first-order valence-corrected chi connectivity index (χ1v) is 9.59. The molecule has 0 bridgehead atoms. The molecule has 3 rings (SSSR count). The monoisotopic (exact) mass is 385 g/mol. The smallest absolute Gasteiger partial charge is 0.225 e. The average molecular weight is 385 g/mol. The van der Waals surface area contributed by atoms with Crippen LogP contribution in [0.5, 0.6) is 0 Å². The Bertz CT molecular complexity index is 872. The van der Waals surface area contributed by atoms with E-state index < -0.39 is 0 Å². The Morgan fingerprint density at radius 3 is 2.81 bits per heavy atom. The largest absolute Gasteiger partial charge is 0.394 e. The van der Waals surface area contributed by atoms with Gasteiger partial charge in [0.1, 0.15) is 17.3 Å². The van der Waals surface area contributed by atoms with Gasteiger partial charge in [0, 0.05) is 32.8 Å². The predicted octanol–water partition coefficient (Wildman–Crippen LogP) is 2.64. The molecule has 0 saturated carbocycles. The molecule has 0 fully saturated rings. The number of aliphatic hydroxyl groups excluding tert-OH is 1. The van der Waals surface area contributed by atoms with Gasteiger partial charge in [-0.2, -0.15) is 5.10 Å². The Morgan fingerprint density at radius 1 is 1.33 bits per heavy atom. The summed E-state index contributed by atoms with van der Waals surface area (Å²) in [6.45, 7) is 0.287. The number of carbonyl (C=O) groups is 1. The molecule has 0 spiro atoms. The highest BCUT2D eigenvalue weighted by Crippen LogP contribution is 2.26. The van der Waals surface area contributed by atoms with E-state index in [1.807, 2.05) is 54.7 Å². The standard InChI is InChI=1S/C19H23N5O2S/c1-23(2)17-7-5-14(13-20-17)6-8-19(26)21-18-12-15(16-4-3-11-27-16)22-24(18)9-10-25/h3-5,7,11-13,25H,6,8-10H2,1-2H3,(H,21,26). The summed E-state index contributed by atoms with van der Waals surface area (Å²) < 4.78 is 1.63. The number of thiophene rings is 1. The molecule has 0 aliphatic heterocycles. The lowest BCUT2D eigenvalue weighted by Crippen LogP contribution is -2.17. The number of carbonyl (C=O) groups excluding carboxylic acids is 1. The molecule has 2 N–H and O–H groups in total. The third-order valence-corrected chi connectivity index (χ3v) is 4.93. The van der Waals surface area contributed by atoms with E-state index in [1.54, 1.807) is 22.2 Å². The fourth-order valence-corrected chi connectivity index (χ4v) is 3.30. The summed E-state index contributed by atoms with van der Waals surface area (Å²) in [6.07, 6.45) is 2.76. The first-order chi connectivity index (χ1) is 13.1. The number of aromatic nitrogens is 3. The molecule has 142 valence electrons. The van der Waals surface area contributed by atoms with E-state index in [2.05, 4.69) is 15.4 Å². The van der Waals surface area contributed by atoms with Crippen LogP contribution in [0.25, 0.3) is 10.6 Å². The van der Waals surface area contributed by atoms with Gasteiger partial charge in [-0.3, -0.25) is 4.79 Å². The maximum Gasteiger partial charge on any atom is 0.225 e. The van der Waals surface area contributed by atoms with Crippen molar-refractivity contribution in [3.63, 3.8) is 0 Å². The summed E-state index contributed by atoms with van der Waals surface area (Å²) in [4.78, 5) is 19.7. The van der Waals surface area contributed by atoms with Crippen molar-refractivity contribution in [3.8, 4) is 10.6 Å². The Kier molecular flexibility index (Phi) is 6.20. The first kappa shape index (κ1) is 19.1. The first-order valence-electron chi connectivity index (χ1n) is 8.71. The molecular weight excluding hydrogens is 362 g/mol. The van der Waals surface area contributed by atoms with Crippen LogP contribution in [-0.4, -0.2) is 46.5 Å². The van der Waals surface area contributed by atoms with Crippen molar-refractivity contribution in [2.75, 3.05) is 30.9 Å². The molecule has 0 unspecified atom stereocenters. The summed E-state index contributed by atoms with van der Waals surface area (Å²) >= 11 is 1.58. The molecular formula is C19H23N5O2S. The highest BCUT2D eigenvalue weighted by atomic mass is 32.1. The van der Waals surface area contributed by atoms with Crippen LogP contribution in [0.4, 0.5) is 11.6 Å². The van der Waals surface area contributed by atoms with E-state index in [9.17, 15) is 9.90 Å². The van der Waals surface area contributed by atoms with Crippen molar-refractivity contribution in [1.82, 2.24) is 14.8 Å². The van der Waals surface area contributed by atoms with Gasteiger partial charge in [-0.1, -0.05) is 12.1 Å². The number of nitrogens with one attached hydrogen (secondary N) is 1. The summed E-state index contributed by atoms with van der Waals surface area (Å²) in [7, 11) is 3.88. The van der Waals surface area contributed by atoms with Crippen molar-refractivity contribution in [3.05, 3.63) is 47.5 Å².